The highest BCUT2D eigenvalue weighted by atomic mass is 16.7. The number of aliphatic hydroxyl groups excluding tert-OH is 5. The molecule has 2 aliphatic heterocycles. The normalized spacial score (nSPS) is 33.5. The molecular weight excluding hydrogens is 556 g/mol. The molecule has 2 aromatic carbocycles. The van der Waals surface area contributed by atoms with E-state index in [1.165, 1.54) is 37.3 Å². The second-order valence-electron chi connectivity index (χ2n) is 10.1. The van der Waals surface area contributed by atoms with Gasteiger partial charge in [-0.05, 0) is 54.8 Å². The van der Waals surface area contributed by atoms with Crippen LogP contribution in [0.25, 0.3) is 6.08 Å². The van der Waals surface area contributed by atoms with Crippen molar-refractivity contribution in [3.05, 3.63) is 65.7 Å². The highest BCUT2D eigenvalue weighted by Gasteiger charge is 2.50. The molecule has 2 fully saturated rings. The number of hydrogen-bond acceptors (Lipinski definition) is 13. The fourth-order valence-electron chi connectivity index (χ4n) is 4.54. The number of aliphatic hydroxyl groups is 5. The van der Waals surface area contributed by atoms with Crippen LogP contribution in [0.15, 0.2) is 54.6 Å². The molecule has 0 unspecified atom stereocenters. The zero-order valence-corrected chi connectivity index (χ0v) is 22.7. The van der Waals surface area contributed by atoms with Gasteiger partial charge >= 0.3 is 5.97 Å². The van der Waals surface area contributed by atoms with Crippen molar-refractivity contribution in [2.24, 2.45) is 0 Å². The van der Waals surface area contributed by atoms with Gasteiger partial charge in [-0.2, -0.15) is 0 Å². The Morgan fingerprint density at radius 1 is 0.810 bits per heavy atom. The summed E-state index contributed by atoms with van der Waals surface area (Å²) >= 11 is 0. The first kappa shape index (κ1) is 31.8. The van der Waals surface area contributed by atoms with Gasteiger partial charge in [0.05, 0.1) is 12.7 Å². The van der Waals surface area contributed by atoms with Crippen LogP contribution in [0.3, 0.4) is 0 Å². The number of carbonyl (C=O) groups excluding carboxylic acids is 1. The van der Waals surface area contributed by atoms with E-state index in [1.807, 2.05) is 0 Å². The second kappa shape index (κ2) is 14.4. The van der Waals surface area contributed by atoms with Gasteiger partial charge in [0.25, 0.3) is 0 Å². The maximum Gasteiger partial charge on any atom is 0.330 e. The van der Waals surface area contributed by atoms with Crippen molar-refractivity contribution in [1.29, 1.82) is 0 Å². The molecule has 42 heavy (non-hydrogen) atoms. The third kappa shape index (κ3) is 8.04. The summed E-state index contributed by atoms with van der Waals surface area (Å²) in [5.74, 6) is -0.582. The summed E-state index contributed by atoms with van der Waals surface area (Å²) in [5, 5.41) is 71.4. The number of benzene rings is 2. The van der Waals surface area contributed by atoms with Gasteiger partial charge in [-0.15, -0.1) is 0 Å². The van der Waals surface area contributed by atoms with Crippen LogP contribution in [0.4, 0.5) is 0 Å². The molecule has 0 amide bonds. The molecule has 0 bridgehead atoms. The first-order chi connectivity index (χ1) is 20.0. The van der Waals surface area contributed by atoms with Gasteiger partial charge in [0, 0.05) is 6.08 Å². The van der Waals surface area contributed by atoms with Crippen molar-refractivity contribution in [2.75, 3.05) is 13.2 Å². The van der Waals surface area contributed by atoms with E-state index in [0.29, 0.717) is 12.0 Å². The standard InChI is InChI=1S/C29H36O13/c1-15-22(33)24(35)25(36)29(40-15)42-27-23(34)20(14-39-21(32)11-6-16-2-7-18(30)8-3-16)41-28(26(27)37)38-13-12-17-4-9-19(31)10-5-17/h2-11,15,20,22-31,33-37H,12-14H2,1H3/t15-,20-,22+,23+,24-,25+,26+,27-,28-,29-/m1/s1. The Balaban J connectivity index is 1.43. The molecule has 7 N–H and O–H groups in total. The SMILES string of the molecule is C[C@H]1O[C@H](O[C@H]2[C@H](O)[C@H](OCCc3ccc(O)cc3)O[C@H](COC(=O)C=Cc3ccc(O)cc3)[C@@H]2O)[C@@H](O)[C@H](O)[C@H]1O. The van der Waals surface area contributed by atoms with Crippen molar-refractivity contribution in [2.45, 2.75) is 74.8 Å². The lowest BCUT2D eigenvalue weighted by Gasteiger charge is -2.45. The highest BCUT2D eigenvalue weighted by molar-refractivity contribution is 5.87. The van der Waals surface area contributed by atoms with Gasteiger partial charge in [-0.3, -0.25) is 0 Å². The number of phenolic OH excluding ortho intramolecular Hbond substituents is 2. The lowest BCUT2D eigenvalue weighted by molar-refractivity contribution is -0.357. The number of ether oxygens (including phenoxy) is 5. The minimum absolute atomic E-state index is 0.0572. The number of hydrogen-bond donors (Lipinski definition) is 7. The molecule has 0 aromatic heterocycles. The van der Waals surface area contributed by atoms with E-state index in [4.69, 9.17) is 23.7 Å². The zero-order chi connectivity index (χ0) is 30.4. The number of esters is 1. The Morgan fingerprint density at radius 3 is 2.12 bits per heavy atom. The number of rotatable bonds is 10. The summed E-state index contributed by atoms with van der Waals surface area (Å²) in [5.41, 5.74) is 1.46. The van der Waals surface area contributed by atoms with Crippen LogP contribution in [0, 0.1) is 0 Å². The predicted molar refractivity (Wildman–Crippen MR) is 144 cm³/mol. The van der Waals surface area contributed by atoms with E-state index < -0.39 is 74.0 Å². The Morgan fingerprint density at radius 2 is 1.45 bits per heavy atom. The number of aromatic hydroxyl groups is 2. The average Bonchev–Trinajstić information content (AvgIpc) is 2.97. The van der Waals surface area contributed by atoms with Gasteiger partial charge < -0.3 is 59.4 Å². The maximum atomic E-state index is 12.3. The fourth-order valence-corrected chi connectivity index (χ4v) is 4.54. The van der Waals surface area contributed by atoms with Crippen LogP contribution in [0.5, 0.6) is 11.5 Å². The molecule has 0 saturated carbocycles. The topological polar surface area (TPSA) is 205 Å². The van der Waals surface area contributed by atoms with Crippen LogP contribution in [-0.2, 0) is 34.9 Å². The quantitative estimate of drug-likeness (QED) is 0.138. The second-order valence-corrected chi connectivity index (χ2v) is 10.1. The smallest absolute Gasteiger partial charge is 0.330 e. The van der Waals surface area contributed by atoms with E-state index in [-0.39, 0.29) is 18.1 Å². The van der Waals surface area contributed by atoms with Crippen molar-refractivity contribution in [3.63, 3.8) is 0 Å². The number of carbonyl (C=O) groups is 1. The molecule has 4 rings (SSSR count). The van der Waals surface area contributed by atoms with Gasteiger partial charge in [-0.25, -0.2) is 4.79 Å². The highest BCUT2D eigenvalue weighted by Crippen LogP contribution is 2.30. The summed E-state index contributed by atoms with van der Waals surface area (Å²) in [6.07, 6.45) is -11.4. The average molecular weight is 593 g/mol. The molecule has 2 heterocycles. The van der Waals surface area contributed by atoms with Gasteiger partial charge in [0.1, 0.15) is 60.8 Å². The molecule has 13 heteroatoms. The zero-order valence-electron chi connectivity index (χ0n) is 22.7. The van der Waals surface area contributed by atoms with Crippen LogP contribution in [-0.4, -0.2) is 116 Å². The van der Waals surface area contributed by atoms with Crippen LogP contribution in [0.2, 0.25) is 0 Å². The molecule has 230 valence electrons. The first-order valence-electron chi connectivity index (χ1n) is 13.4. The number of phenols is 2. The largest absolute Gasteiger partial charge is 0.508 e. The van der Waals surface area contributed by atoms with Crippen molar-refractivity contribution >= 4 is 12.0 Å². The molecule has 0 spiro atoms. The van der Waals surface area contributed by atoms with E-state index in [1.54, 1.807) is 24.3 Å². The van der Waals surface area contributed by atoms with E-state index in [9.17, 15) is 40.5 Å². The summed E-state index contributed by atoms with van der Waals surface area (Å²) in [6, 6.07) is 12.5. The van der Waals surface area contributed by atoms with Gasteiger partial charge in [-0.1, -0.05) is 24.3 Å². The molecule has 2 aliphatic rings. The van der Waals surface area contributed by atoms with Crippen LogP contribution >= 0.6 is 0 Å². The lowest BCUT2D eigenvalue weighted by atomic mass is 9.97. The van der Waals surface area contributed by atoms with Crippen molar-refractivity contribution < 1.29 is 64.2 Å². The summed E-state index contributed by atoms with van der Waals surface area (Å²) in [7, 11) is 0. The van der Waals surface area contributed by atoms with Crippen molar-refractivity contribution in [3.8, 4) is 11.5 Å². The molecule has 2 aromatic rings. The van der Waals surface area contributed by atoms with Gasteiger partial charge in [0.2, 0.25) is 0 Å². The van der Waals surface area contributed by atoms with E-state index in [2.05, 4.69) is 0 Å². The minimum atomic E-state index is -1.70. The van der Waals surface area contributed by atoms with E-state index >= 15 is 0 Å². The maximum absolute atomic E-state index is 12.3. The van der Waals surface area contributed by atoms with Crippen LogP contribution < -0.4 is 0 Å². The molecule has 2 saturated heterocycles. The van der Waals surface area contributed by atoms with E-state index in [0.717, 1.165) is 11.6 Å². The minimum Gasteiger partial charge on any atom is -0.508 e. The Hall–Kier alpha value is -3.11. The molecule has 0 radical (unpaired) electrons. The Bertz CT molecular complexity index is 1170. The monoisotopic (exact) mass is 592 g/mol. The Kier molecular flexibility index (Phi) is 10.9. The molecule has 13 nitrogen and oxygen atoms in total. The van der Waals surface area contributed by atoms with Gasteiger partial charge in [0.15, 0.2) is 12.6 Å². The molecule has 10 atom stereocenters. The fraction of sp³-hybridized carbons (Fsp3) is 0.483. The Labute approximate surface area is 241 Å². The third-order valence-electron chi connectivity index (χ3n) is 7.05. The van der Waals surface area contributed by atoms with Crippen LogP contribution in [0.1, 0.15) is 18.1 Å². The van der Waals surface area contributed by atoms with Crippen molar-refractivity contribution in [1.82, 2.24) is 0 Å². The summed E-state index contributed by atoms with van der Waals surface area (Å²) in [4.78, 5) is 12.3. The third-order valence-corrected chi connectivity index (χ3v) is 7.05. The summed E-state index contributed by atoms with van der Waals surface area (Å²) < 4.78 is 27.9. The molecular formula is C29H36O13. The first-order valence-corrected chi connectivity index (χ1v) is 13.4. The predicted octanol–water partition coefficient (Wildman–Crippen LogP) is -0.427. The molecule has 0 aliphatic carbocycles. The summed E-state index contributed by atoms with van der Waals surface area (Å²) in [6.45, 7) is 1.05. The lowest BCUT2D eigenvalue weighted by Crippen LogP contribution is -2.64.